The van der Waals surface area contributed by atoms with E-state index in [1.54, 1.807) is 18.2 Å². The summed E-state index contributed by atoms with van der Waals surface area (Å²) in [6.07, 6.45) is 1.05. The standard InChI is InChI=1S/C13H16N2O5/c1-2-3-9(12(16)17)15-13(18)14-8-4-5-10-11(6-8)20-7-19-10/h4-6,9H,2-3,7H2,1H3,(H,16,17)(H2,14,15,18). The van der Waals surface area contributed by atoms with Crippen molar-refractivity contribution in [1.82, 2.24) is 5.32 Å². The number of carbonyl (C=O) groups is 2. The van der Waals surface area contributed by atoms with Gasteiger partial charge in [0, 0.05) is 11.8 Å². The number of hydrogen-bond donors (Lipinski definition) is 3. The van der Waals surface area contributed by atoms with Crippen molar-refractivity contribution >= 4 is 17.7 Å². The Morgan fingerprint density at radius 3 is 2.80 bits per heavy atom. The third-order valence-electron chi connectivity index (χ3n) is 2.81. The van der Waals surface area contributed by atoms with Gasteiger partial charge in [-0.25, -0.2) is 9.59 Å². The van der Waals surface area contributed by atoms with Crippen molar-refractivity contribution in [3.8, 4) is 11.5 Å². The van der Waals surface area contributed by atoms with Gasteiger partial charge >= 0.3 is 12.0 Å². The Hall–Kier alpha value is -2.44. The molecule has 108 valence electrons. The summed E-state index contributed by atoms with van der Waals surface area (Å²) in [7, 11) is 0. The highest BCUT2D eigenvalue weighted by Crippen LogP contribution is 2.34. The Labute approximate surface area is 115 Å². The zero-order valence-corrected chi connectivity index (χ0v) is 11.0. The van der Waals surface area contributed by atoms with Gasteiger partial charge in [-0.2, -0.15) is 0 Å². The lowest BCUT2D eigenvalue weighted by Crippen LogP contribution is -2.42. The molecule has 1 atom stereocenters. The number of amides is 2. The topological polar surface area (TPSA) is 96.9 Å². The average Bonchev–Trinajstić information content (AvgIpc) is 2.85. The van der Waals surface area contributed by atoms with Crippen LogP contribution in [0.25, 0.3) is 0 Å². The molecule has 0 radical (unpaired) electrons. The predicted molar refractivity (Wildman–Crippen MR) is 71.1 cm³/mol. The molecule has 1 aliphatic rings. The summed E-state index contributed by atoms with van der Waals surface area (Å²) < 4.78 is 10.3. The van der Waals surface area contributed by atoms with Crippen LogP contribution in [0.4, 0.5) is 10.5 Å². The summed E-state index contributed by atoms with van der Waals surface area (Å²) in [5.41, 5.74) is 0.507. The van der Waals surface area contributed by atoms with Gasteiger partial charge in [0.15, 0.2) is 11.5 Å². The molecule has 20 heavy (non-hydrogen) atoms. The fourth-order valence-corrected chi connectivity index (χ4v) is 1.85. The Bertz CT molecular complexity index is 517. The van der Waals surface area contributed by atoms with Crippen LogP contribution in [0.2, 0.25) is 0 Å². The third kappa shape index (κ3) is 3.31. The Balaban J connectivity index is 1.95. The number of benzene rings is 1. The maximum absolute atomic E-state index is 11.7. The molecule has 2 rings (SSSR count). The molecule has 0 saturated heterocycles. The highest BCUT2D eigenvalue weighted by Gasteiger charge is 2.19. The van der Waals surface area contributed by atoms with Crippen LogP contribution in [0.15, 0.2) is 18.2 Å². The summed E-state index contributed by atoms with van der Waals surface area (Å²) in [6, 6.07) is 3.50. The maximum atomic E-state index is 11.7. The van der Waals surface area contributed by atoms with Gasteiger partial charge in [0.2, 0.25) is 6.79 Å². The van der Waals surface area contributed by atoms with Gasteiger partial charge in [-0.3, -0.25) is 0 Å². The molecule has 0 aromatic heterocycles. The second-order valence-corrected chi connectivity index (χ2v) is 4.35. The molecule has 0 spiro atoms. The molecule has 1 heterocycles. The van der Waals surface area contributed by atoms with E-state index in [2.05, 4.69) is 10.6 Å². The number of urea groups is 1. The fraction of sp³-hybridized carbons (Fsp3) is 0.385. The number of ether oxygens (including phenoxy) is 2. The summed E-state index contributed by atoms with van der Waals surface area (Å²) in [5.74, 6) is 0.115. The van der Waals surface area contributed by atoms with E-state index < -0.39 is 18.0 Å². The molecule has 0 saturated carbocycles. The minimum Gasteiger partial charge on any atom is -0.480 e. The first-order valence-corrected chi connectivity index (χ1v) is 6.30. The molecule has 1 aromatic rings. The first-order valence-electron chi connectivity index (χ1n) is 6.30. The zero-order chi connectivity index (χ0) is 14.5. The molecule has 0 fully saturated rings. The van der Waals surface area contributed by atoms with Crippen LogP contribution >= 0.6 is 0 Å². The lowest BCUT2D eigenvalue weighted by molar-refractivity contribution is -0.139. The van der Waals surface area contributed by atoms with Gasteiger partial charge in [0.1, 0.15) is 6.04 Å². The molecular weight excluding hydrogens is 264 g/mol. The minimum atomic E-state index is -1.05. The number of anilines is 1. The van der Waals surface area contributed by atoms with E-state index in [9.17, 15) is 9.59 Å². The Kier molecular flexibility index (Phi) is 4.29. The second-order valence-electron chi connectivity index (χ2n) is 4.35. The summed E-state index contributed by atoms with van der Waals surface area (Å²) >= 11 is 0. The monoisotopic (exact) mass is 280 g/mol. The first-order chi connectivity index (χ1) is 9.60. The number of nitrogens with one attached hydrogen (secondary N) is 2. The van der Waals surface area contributed by atoms with Crippen molar-refractivity contribution in [2.75, 3.05) is 12.1 Å². The number of hydrogen-bond acceptors (Lipinski definition) is 4. The van der Waals surface area contributed by atoms with E-state index in [1.807, 2.05) is 6.92 Å². The Morgan fingerprint density at radius 1 is 1.35 bits per heavy atom. The van der Waals surface area contributed by atoms with Crippen LogP contribution in [-0.4, -0.2) is 29.9 Å². The Morgan fingerprint density at radius 2 is 2.10 bits per heavy atom. The van der Waals surface area contributed by atoms with Gasteiger partial charge in [-0.05, 0) is 18.6 Å². The van der Waals surface area contributed by atoms with Gasteiger partial charge in [-0.15, -0.1) is 0 Å². The number of carboxylic acid groups (broad SMARTS) is 1. The van der Waals surface area contributed by atoms with Crippen LogP contribution in [0.1, 0.15) is 19.8 Å². The van der Waals surface area contributed by atoms with Gasteiger partial charge < -0.3 is 25.2 Å². The van der Waals surface area contributed by atoms with Gasteiger partial charge in [0.05, 0.1) is 0 Å². The smallest absolute Gasteiger partial charge is 0.326 e. The van der Waals surface area contributed by atoms with Gasteiger partial charge in [-0.1, -0.05) is 13.3 Å². The van der Waals surface area contributed by atoms with Crippen LogP contribution < -0.4 is 20.1 Å². The molecule has 0 aliphatic carbocycles. The van der Waals surface area contributed by atoms with E-state index in [-0.39, 0.29) is 6.79 Å². The van der Waals surface area contributed by atoms with Crippen molar-refractivity contribution in [2.45, 2.75) is 25.8 Å². The van der Waals surface area contributed by atoms with Crippen LogP contribution in [0, 0.1) is 0 Å². The maximum Gasteiger partial charge on any atom is 0.326 e. The molecule has 1 aliphatic heterocycles. The number of carbonyl (C=O) groups excluding carboxylic acids is 1. The van der Waals surface area contributed by atoms with Crippen LogP contribution in [0.3, 0.4) is 0 Å². The molecule has 7 nitrogen and oxygen atoms in total. The summed E-state index contributed by atoms with van der Waals surface area (Å²) in [4.78, 5) is 22.7. The molecule has 1 unspecified atom stereocenters. The van der Waals surface area contributed by atoms with E-state index in [4.69, 9.17) is 14.6 Å². The quantitative estimate of drug-likeness (QED) is 0.764. The highest BCUT2D eigenvalue weighted by molar-refractivity contribution is 5.92. The normalized spacial score (nSPS) is 13.7. The average molecular weight is 280 g/mol. The van der Waals surface area contributed by atoms with Crippen molar-refractivity contribution in [1.29, 1.82) is 0 Å². The number of aliphatic carboxylic acids is 1. The van der Waals surface area contributed by atoms with E-state index in [0.29, 0.717) is 30.0 Å². The SMILES string of the molecule is CCCC(NC(=O)Nc1ccc2c(c1)OCO2)C(=O)O. The number of fused-ring (bicyclic) bond motifs is 1. The molecule has 1 aromatic carbocycles. The predicted octanol–water partition coefficient (Wildman–Crippen LogP) is 1.79. The number of carboxylic acids is 1. The van der Waals surface area contributed by atoms with Crippen molar-refractivity contribution in [3.05, 3.63) is 18.2 Å². The minimum absolute atomic E-state index is 0.155. The highest BCUT2D eigenvalue weighted by atomic mass is 16.7. The second kappa shape index (κ2) is 6.14. The van der Waals surface area contributed by atoms with E-state index >= 15 is 0 Å². The molecule has 0 bridgehead atoms. The van der Waals surface area contributed by atoms with Crippen molar-refractivity contribution < 1.29 is 24.2 Å². The lowest BCUT2D eigenvalue weighted by atomic mass is 10.2. The van der Waals surface area contributed by atoms with Crippen molar-refractivity contribution in [3.63, 3.8) is 0 Å². The summed E-state index contributed by atoms with van der Waals surface area (Å²) in [5, 5.41) is 13.9. The van der Waals surface area contributed by atoms with Crippen LogP contribution in [-0.2, 0) is 4.79 Å². The fourth-order valence-electron chi connectivity index (χ4n) is 1.85. The summed E-state index contributed by atoms with van der Waals surface area (Å²) in [6.45, 7) is 2.01. The van der Waals surface area contributed by atoms with Crippen LogP contribution in [0.5, 0.6) is 11.5 Å². The molecule has 3 N–H and O–H groups in total. The molecule has 2 amide bonds. The lowest BCUT2D eigenvalue weighted by Gasteiger charge is -2.14. The van der Waals surface area contributed by atoms with Gasteiger partial charge in [0.25, 0.3) is 0 Å². The largest absolute Gasteiger partial charge is 0.480 e. The van der Waals surface area contributed by atoms with E-state index in [0.717, 1.165) is 0 Å². The van der Waals surface area contributed by atoms with E-state index in [1.165, 1.54) is 0 Å². The molecular formula is C13H16N2O5. The molecule has 7 heteroatoms. The zero-order valence-electron chi connectivity index (χ0n) is 11.0. The third-order valence-corrected chi connectivity index (χ3v) is 2.81. The number of rotatable bonds is 5. The van der Waals surface area contributed by atoms with Crippen molar-refractivity contribution in [2.24, 2.45) is 0 Å². The first kappa shape index (κ1) is 14.0.